The third-order valence-electron chi connectivity index (χ3n) is 3.20. The molecule has 0 amide bonds. The molecule has 1 N–H and O–H groups in total. The first-order valence-electron chi connectivity index (χ1n) is 6.98. The second kappa shape index (κ2) is 8.15. The smallest absolute Gasteiger partial charge is 0.110 e. The highest BCUT2D eigenvalue weighted by Crippen LogP contribution is 2.22. The van der Waals surface area contributed by atoms with E-state index in [9.17, 15) is 0 Å². The Morgan fingerprint density at radius 3 is 2.75 bits per heavy atom. The summed E-state index contributed by atoms with van der Waals surface area (Å²) in [6, 6.07) is 10.9. The van der Waals surface area contributed by atoms with E-state index in [0.29, 0.717) is 6.04 Å². The highest BCUT2D eigenvalue weighted by molar-refractivity contribution is 7.09. The summed E-state index contributed by atoms with van der Waals surface area (Å²) in [6.45, 7) is 3.63. The number of benzene rings is 1. The van der Waals surface area contributed by atoms with E-state index in [-0.39, 0.29) is 0 Å². The molecule has 108 valence electrons. The topological polar surface area (TPSA) is 34.1 Å². The zero-order valence-corrected chi connectivity index (χ0v) is 13.0. The van der Waals surface area contributed by atoms with Gasteiger partial charge in [0.05, 0.1) is 12.6 Å². The van der Waals surface area contributed by atoms with Crippen LogP contribution in [-0.4, -0.2) is 25.2 Å². The van der Waals surface area contributed by atoms with Crippen LogP contribution in [0.1, 0.15) is 28.7 Å². The Morgan fingerprint density at radius 2 is 2.10 bits per heavy atom. The molecule has 1 atom stereocenters. The minimum atomic E-state index is 0.309. The number of rotatable bonds is 8. The van der Waals surface area contributed by atoms with Crippen molar-refractivity contribution in [3.8, 4) is 0 Å². The Balaban J connectivity index is 1.95. The molecule has 0 saturated heterocycles. The minimum Gasteiger partial charge on any atom is -0.383 e. The fourth-order valence-electron chi connectivity index (χ4n) is 2.14. The molecule has 0 bridgehead atoms. The van der Waals surface area contributed by atoms with Gasteiger partial charge in [-0.15, -0.1) is 11.3 Å². The normalized spacial score (nSPS) is 12.5. The molecule has 20 heavy (non-hydrogen) atoms. The Kier molecular flexibility index (Phi) is 6.18. The van der Waals surface area contributed by atoms with Crippen molar-refractivity contribution in [2.75, 3.05) is 20.3 Å². The number of methoxy groups -OCH3 is 1. The molecule has 0 fully saturated rings. The summed E-state index contributed by atoms with van der Waals surface area (Å²) in [5.41, 5.74) is 2.47. The summed E-state index contributed by atoms with van der Waals surface area (Å²) in [7, 11) is 1.73. The monoisotopic (exact) mass is 290 g/mol. The Hall–Kier alpha value is -1.23. The highest BCUT2D eigenvalue weighted by atomic mass is 32.1. The largest absolute Gasteiger partial charge is 0.383 e. The van der Waals surface area contributed by atoms with E-state index in [0.717, 1.165) is 31.7 Å². The van der Waals surface area contributed by atoms with Gasteiger partial charge in [0.1, 0.15) is 5.01 Å². The lowest BCUT2D eigenvalue weighted by atomic mass is 10.1. The molecule has 0 saturated carbocycles. The van der Waals surface area contributed by atoms with E-state index in [2.05, 4.69) is 46.0 Å². The van der Waals surface area contributed by atoms with E-state index in [4.69, 9.17) is 4.74 Å². The molecule has 1 aromatic heterocycles. The maximum absolute atomic E-state index is 5.12. The second-order valence-electron chi connectivity index (χ2n) is 4.85. The lowest BCUT2D eigenvalue weighted by molar-refractivity contribution is 0.195. The van der Waals surface area contributed by atoms with Crippen molar-refractivity contribution in [2.24, 2.45) is 0 Å². The molecule has 1 heterocycles. The molecule has 3 nitrogen and oxygen atoms in total. The first-order chi connectivity index (χ1) is 9.79. The summed E-state index contributed by atoms with van der Waals surface area (Å²) in [5.74, 6) is 0. The van der Waals surface area contributed by atoms with Gasteiger partial charge in [0.15, 0.2) is 0 Å². The molecule has 1 aromatic carbocycles. The first-order valence-corrected chi connectivity index (χ1v) is 7.86. The highest BCUT2D eigenvalue weighted by Gasteiger charge is 2.14. The predicted molar refractivity (Wildman–Crippen MR) is 84.2 cm³/mol. The maximum Gasteiger partial charge on any atom is 0.110 e. The van der Waals surface area contributed by atoms with Crippen molar-refractivity contribution < 1.29 is 4.74 Å². The van der Waals surface area contributed by atoms with Gasteiger partial charge in [-0.3, -0.25) is 0 Å². The number of nitrogens with one attached hydrogen (secondary N) is 1. The van der Waals surface area contributed by atoms with Gasteiger partial charge in [-0.2, -0.15) is 0 Å². The van der Waals surface area contributed by atoms with Crippen LogP contribution in [0.15, 0.2) is 35.7 Å². The molecule has 0 aliphatic carbocycles. The van der Waals surface area contributed by atoms with Crippen LogP contribution in [0.4, 0.5) is 0 Å². The summed E-state index contributed by atoms with van der Waals surface area (Å²) >= 11 is 1.74. The van der Waals surface area contributed by atoms with Gasteiger partial charge in [0.2, 0.25) is 0 Å². The van der Waals surface area contributed by atoms with Crippen molar-refractivity contribution in [3.63, 3.8) is 0 Å². The Labute approximate surface area is 125 Å². The minimum absolute atomic E-state index is 0.309. The van der Waals surface area contributed by atoms with E-state index < -0.39 is 0 Å². The van der Waals surface area contributed by atoms with Crippen molar-refractivity contribution >= 4 is 11.3 Å². The SMILES string of the molecule is COCCNC(CCc1ccccc1)c1nc(C)cs1. The number of aryl methyl sites for hydroxylation is 2. The van der Waals surface area contributed by atoms with Gasteiger partial charge in [0.25, 0.3) is 0 Å². The average Bonchev–Trinajstić information content (AvgIpc) is 2.90. The second-order valence-corrected chi connectivity index (χ2v) is 5.74. The summed E-state index contributed by atoms with van der Waals surface area (Å²) in [5, 5.41) is 6.83. The van der Waals surface area contributed by atoms with Crippen molar-refractivity contribution in [2.45, 2.75) is 25.8 Å². The van der Waals surface area contributed by atoms with Crippen LogP contribution in [0.3, 0.4) is 0 Å². The zero-order valence-electron chi connectivity index (χ0n) is 12.1. The molecule has 0 aliphatic heterocycles. The molecule has 2 rings (SSSR count). The fourth-order valence-corrected chi connectivity index (χ4v) is 3.04. The molecule has 0 spiro atoms. The number of ether oxygens (including phenoxy) is 1. The fraction of sp³-hybridized carbons (Fsp3) is 0.438. The van der Waals surface area contributed by atoms with Crippen molar-refractivity contribution in [1.82, 2.24) is 10.3 Å². The van der Waals surface area contributed by atoms with Crippen LogP contribution in [0, 0.1) is 6.92 Å². The van der Waals surface area contributed by atoms with Crippen molar-refractivity contribution in [3.05, 3.63) is 52.0 Å². The average molecular weight is 290 g/mol. The first kappa shape index (κ1) is 15.2. The van der Waals surface area contributed by atoms with Crippen LogP contribution in [0.5, 0.6) is 0 Å². The number of thiazole rings is 1. The third kappa shape index (κ3) is 4.71. The summed E-state index contributed by atoms with van der Waals surface area (Å²) in [4.78, 5) is 4.62. The molecule has 1 unspecified atom stereocenters. The molecule has 0 radical (unpaired) electrons. The van der Waals surface area contributed by atoms with E-state index in [1.807, 2.05) is 6.92 Å². The molecule has 0 aliphatic rings. The lowest BCUT2D eigenvalue weighted by Crippen LogP contribution is -2.25. The Bertz CT molecular complexity index is 498. The standard InChI is InChI=1S/C16H22N2OS/c1-13-12-20-16(18-13)15(17-10-11-19-2)9-8-14-6-4-3-5-7-14/h3-7,12,15,17H,8-11H2,1-2H3. The van der Waals surface area contributed by atoms with E-state index in [1.165, 1.54) is 10.6 Å². The number of nitrogens with zero attached hydrogens (tertiary/aromatic N) is 1. The van der Waals surface area contributed by atoms with E-state index >= 15 is 0 Å². The Morgan fingerprint density at radius 1 is 1.30 bits per heavy atom. The van der Waals surface area contributed by atoms with E-state index in [1.54, 1.807) is 18.4 Å². The van der Waals surface area contributed by atoms with Gasteiger partial charge >= 0.3 is 0 Å². The lowest BCUT2D eigenvalue weighted by Gasteiger charge is -2.16. The van der Waals surface area contributed by atoms with Crippen LogP contribution in [0.25, 0.3) is 0 Å². The molecular weight excluding hydrogens is 268 g/mol. The zero-order chi connectivity index (χ0) is 14.2. The van der Waals surface area contributed by atoms with Crippen molar-refractivity contribution in [1.29, 1.82) is 0 Å². The van der Waals surface area contributed by atoms with Gasteiger partial charge in [-0.05, 0) is 25.3 Å². The molecular formula is C16H22N2OS. The van der Waals surface area contributed by atoms with Crippen LogP contribution >= 0.6 is 11.3 Å². The summed E-state index contributed by atoms with van der Waals surface area (Å²) in [6.07, 6.45) is 2.12. The predicted octanol–water partition coefficient (Wildman–Crippen LogP) is 3.36. The molecule has 4 heteroatoms. The van der Waals surface area contributed by atoms with Gasteiger partial charge in [-0.1, -0.05) is 30.3 Å². The van der Waals surface area contributed by atoms with Gasteiger partial charge in [0, 0.05) is 24.7 Å². The van der Waals surface area contributed by atoms with Crippen LogP contribution in [0.2, 0.25) is 0 Å². The van der Waals surface area contributed by atoms with Crippen LogP contribution < -0.4 is 5.32 Å². The number of hydrogen-bond acceptors (Lipinski definition) is 4. The quantitative estimate of drug-likeness (QED) is 0.757. The third-order valence-corrected chi connectivity index (χ3v) is 4.27. The van der Waals surface area contributed by atoms with Crippen LogP contribution in [-0.2, 0) is 11.2 Å². The van der Waals surface area contributed by atoms with Gasteiger partial charge < -0.3 is 10.1 Å². The summed E-state index contributed by atoms with van der Waals surface area (Å²) < 4.78 is 5.12. The number of aromatic nitrogens is 1. The molecule has 2 aromatic rings. The van der Waals surface area contributed by atoms with Gasteiger partial charge in [-0.25, -0.2) is 4.98 Å². The maximum atomic E-state index is 5.12. The number of hydrogen-bond donors (Lipinski definition) is 1.